The quantitative estimate of drug-likeness (QED) is 0.330. The highest BCUT2D eigenvalue weighted by molar-refractivity contribution is 14.0. The van der Waals surface area contributed by atoms with Crippen LogP contribution in [-0.2, 0) is 13.0 Å². The Kier molecular flexibility index (Phi) is 10.7. The van der Waals surface area contributed by atoms with Gasteiger partial charge in [-0.15, -0.1) is 24.0 Å². The number of guanidine groups is 1. The summed E-state index contributed by atoms with van der Waals surface area (Å²) in [6.07, 6.45) is 2.83. The number of nitrogens with zero attached hydrogens (tertiary/aromatic N) is 2. The van der Waals surface area contributed by atoms with E-state index in [2.05, 4.69) is 38.8 Å². The number of benzene rings is 1. The molecule has 0 saturated heterocycles. The van der Waals surface area contributed by atoms with Crippen molar-refractivity contribution in [3.05, 3.63) is 53.2 Å². The van der Waals surface area contributed by atoms with E-state index >= 15 is 0 Å². The second kappa shape index (κ2) is 12.4. The molecule has 0 unspecified atom stereocenters. The molecular formula is C21H31IN4O2. The molecule has 1 heterocycles. The number of halogens is 1. The molecule has 2 aromatic rings. The van der Waals surface area contributed by atoms with Crippen LogP contribution in [0.3, 0.4) is 0 Å². The van der Waals surface area contributed by atoms with E-state index in [1.165, 1.54) is 5.56 Å². The number of aryl methyl sites for hydroxylation is 1. The van der Waals surface area contributed by atoms with E-state index in [0.717, 1.165) is 35.8 Å². The van der Waals surface area contributed by atoms with Gasteiger partial charge in [0.15, 0.2) is 5.96 Å². The van der Waals surface area contributed by atoms with E-state index in [9.17, 15) is 0 Å². The van der Waals surface area contributed by atoms with Crippen LogP contribution in [-0.4, -0.2) is 37.7 Å². The van der Waals surface area contributed by atoms with Gasteiger partial charge in [0, 0.05) is 32.4 Å². The highest BCUT2D eigenvalue weighted by Gasteiger charge is 2.03. The lowest BCUT2D eigenvalue weighted by molar-refractivity contribution is 0.232. The van der Waals surface area contributed by atoms with Gasteiger partial charge in [0.05, 0.1) is 13.2 Å². The molecule has 0 atom stereocenters. The molecule has 2 rings (SSSR count). The van der Waals surface area contributed by atoms with E-state index in [-0.39, 0.29) is 30.1 Å². The van der Waals surface area contributed by atoms with E-state index in [4.69, 9.17) is 9.47 Å². The zero-order chi connectivity index (χ0) is 19.6. The number of methoxy groups -OCH3 is 1. The van der Waals surface area contributed by atoms with E-state index in [1.807, 2.05) is 39.1 Å². The summed E-state index contributed by atoms with van der Waals surface area (Å²) in [5.41, 5.74) is 3.44. The Hall–Kier alpha value is -2.03. The van der Waals surface area contributed by atoms with Crippen molar-refractivity contribution in [2.24, 2.45) is 4.99 Å². The molecule has 0 aliphatic carbocycles. The van der Waals surface area contributed by atoms with Gasteiger partial charge in [0.1, 0.15) is 5.75 Å². The maximum atomic E-state index is 5.56. The van der Waals surface area contributed by atoms with E-state index in [0.29, 0.717) is 12.4 Å². The van der Waals surface area contributed by atoms with Crippen molar-refractivity contribution >= 4 is 29.9 Å². The number of ether oxygens (including phenoxy) is 2. The van der Waals surface area contributed by atoms with Crippen LogP contribution < -0.4 is 20.1 Å². The van der Waals surface area contributed by atoms with Crippen LogP contribution in [0.2, 0.25) is 0 Å². The van der Waals surface area contributed by atoms with Gasteiger partial charge in [0.25, 0.3) is 0 Å². The first-order valence-corrected chi connectivity index (χ1v) is 9.21. The Bertz CT molecular complexity index is 749. The van der Waals surface area contributed by atoms with Crippen LogP contribution in [0.1, 0.15) is 30.5 Å². The first-order chi connectivity index (χ1) is 13.0. The number of hydrogen-bond acceptors (Lipinski definition) is 4. The molecule has 0 amide bonds. The largest absolute Gasteiger partial charge is 0.496 e. The topological polar surface area (TPSA) is 67.8 Å². The standard InChI is InChI=1S/C21H30N4O2.HI/c1-15(2)27-20-9-8-18(13-24-20)14-25-21(22-4)23-11-10-17-7-6-16(3)19(12-17)26-5;/h6-9,12-13,15H,10-11,14H2,1-5H3,(H2,22,23,25);1H. The van der Waals surface area contributed by atoms with Crippen molar-refractivity contribution in [3.63, 3.8) is 0 Å². The van der Waals surface area contributed by atoms with Crippen molar-refractivity contribution in [1.29, 1.82) is 0 Å². The van der Waals surface area contributed by atoms with Gasteiger partial charge in [-0.1, -0.05) is 18.2 Å². The summed E-state index contributed by atoms with van der Waals surface area (Å²) in [6, 6.07) is 10.2. The lowest BCUT2D eigenvalue weighted by Gasteiger charge is -2.13. The molecule has 154 valence electrons. The molecule has 0 saturated carbocycles. The van der Waals surface area contributed by atoms with Gasteiger partial charge in [-0.25, -0.2) is 4.98 Å². The zero-order valence-electron chi connectivity index (χ0n) is 17.3. The molecule has 28 heavy (non-hydrogen) atoms. The van der Waals surface area contributed by atoms with Gasteiger partial charge in [0.2, 0.25) is 5.88 Å². The van der Waals surface area contributed by atoms with Crippen LogP contribution in [0, 0.1) is 6.92 Å². The van der Waals surface area contributed by atoms with Gasteiger partial charge >= 0.3 is 0 Å². The highest BCUT2D eigenvalue weighted by Crippen LogP contribution is 2.19. The molecule has 0 radical (unpaired) electrons. The van der Waals surface area contributed by atoms with Crippen LogP contribution in [0.4, 0.5) is 0 Å². The summed E-state index contributed by atoms with van der Waals surface area (Å²) in [5.74, 6) is 2.33. The maximum Gasteiger partial charge on any atom is 0.213 e. The predicted molar refractivity (Wildman–Crippen MR) is 125 cm³/mol. The van der Waals surface area contributed by atoms with Crippen LogP contribution >= 0.6 is 24.0 Å². The fraction of sp³-hybridized carbons (Fsp3) is 0.429. The van der Waals surface area contributed by atoms with Crippen LogP contribution in [0.5, 0.6) is 11.6 Å². The summed E-state index contributed by atoms with van der Waals surface area (Å²) in [6.45, 7) is 7.44. The Balaban J connectivity index is 0.00000392. The van der Waals surface area contributed by atoms with Crippen molar-refractivity contribution in [3.8, 4) is 11.6 Å². The minimum absolute atomic E-state index is 0. The van der Waals surface area contributed by atoms with Crippen LogP contribution in [0.25, 0.3) is 0 Å². The van der Waals surface area contributed by atoms with Crippen molar-refractivity contribution in [2.75, 3.05) is 20.7 Å². The first-order valence-electron chi connectivity index (χ1n) is 9.21. The van der Waals surface area contributed by atoms with Crippen molar-refractivity contribution in [1.82, 2.24) is 15.6 Å². The minimum Gasteiger partial charge on any atom is -0.496 e. The lowest BCUT2D eigenvalue weighted by Crippen LogP contribution is -2.37. The molecule has 0 bridgehead atoms. The molecule has 0 aliphatic heterocycles. The second-order valence-corrected chi connectivity index (χ2v) is 6.58. The van der Waals surface area contributed by atoms with Crippen molar-refractivity contribution < 1.29 is 9.47 Å². The van der Waals surface area contributed by atoms with Gasteiger partial charge in [-0.05, 0) is 49.9 Å². The molecule has 1 aromatic carbocycles. The predicted octanol–water partition coefficient (Wildman–Crippen LogP) is 3.71. The molecule has 2 N–H and O–H groups in total. The summed E-state index contributed by atoms with van der Waals surface area (Å²) in [5, 5.41) is 6.63. The second-order valence-electron chi connectivity index (χ2n) is 6.58. The maximum absolute atomic E-state index is 5.56. The first kappa shape index (κ1) is 24.0. The van der Waals surface area contributed by atoms with Gasteiger partial charge in [-0.2, -0.15) is 0 Å². The summed E-state index contributed by atoms with van der Waals surface area (Å²) in [7, 11) is 3.47. The number of aliphatic imine (C=N–C) groups is 1. The average molecular weight is 498 g/mol. The van der Waals surface area contributed by atoms with E-state index < -0.39 is 0 Å². The number of nitrogens with one attached hydrogen (secondary N) is 2. The molecule has 6 nitrogen and oxygen atoms in total. The normalized spacial score (nSPS) is 11.0. The average Bonchev–Trinajstić information content (AvgIpc) is 2.66. The number of aromatic nitrogens is 1. The Morgan fingerprint density at radius 2 is 1.89 bits per heavy atom. The number of rotatable bonds is 8. The summed E-state index contributed by atoms with van der Waals surface area (Å²) in [4.78, 5) is 8.58. The highest BCUT2D eigenvalue weighted by atomic mass is 127. The minimum atomic E-state index is 0. The Labute approximate surface area is 185 Å². The molecule has 0 fully saturated rings. The lowest BCUT2D eigenvalue weighted by atomic mass is 10.1. The molecular weight excluding hydrogens is 467 g/mol. The summed E-state index contributed by atoms with van der Waals surface area (Å²) >= 11 is 0. The molecule has 1 aromatic heterocycles. The van der Waals surface area contributed by atoms with Gasteiger partial charge < -0.3 is 20.1 Å². The smallest absolute Gasteiger partial charge is 0.213 e. The monoisotopic (exact) mass is 498 g/mol. The Morgan fingerprint density at radius 1 is 1.14 bits per heavy atom. The molecule has 7 heteroatoms. The fourth-order valence-corrected chi connectivity index (χ4v) is 2.58. The van der Waals surface area contributed by atoms with Gasteiger partial charge in [-0.3, -0.25) is 4.99 Å². The third kappa shape index (κ3) is 7.92. The fourth-order valence-electron chi connectivity index (χ4n) is 2.58. The third-order valence-corrected chi connectivity index (χ3v) is 4.02. The van der Waals surface area contributed by atoms with Crippen molar-refractivity contribution in [2.45, 2.75) is 39.8 Å². The summed E-state index contributed by atoms with van der Waals surface area (Å²) < 4.78 is 10.9. The third-order valence-electron chi connectivity index (χ3n) is 4.02. The SMILES string of the molecule is CN=C(NCCc1ccc(C)c(OC)c1)NCc1ccc(OC(C)C)nc1.I. The van der Waals surface area contributed by atoms with E-state index in [1.54, 1.807) is 14.2 Å². The molecule has 0 spiro atoms. The Morgan fingerprint density at radius 3 is 2.50 bits per heavy atom. The molecule has 0 aliphatic rings. The number of hydrogen-bond donors (Lipinski definition) is 2. The number of pyridine rings is 1. The van der Waals surface area contributed by atoms with Crippen LogP contribution in [0.15, 0.2) is 41.5 Å². The zero-order valence-corrected chi connectivity index (χ0v) is 19.6.